The van der Waals surface area contributed by atoms with E-state index in [0.717, 1.165) is 0 Å². The Morgan fingerprint density at radius 2 is 1.86 bits per heavy atom. The highest BCUT2D eigenvalue weighted by molar-refractivity contribution is 4.88. The molecule has 3 nitrogen and oxygen atoms in total. The van der Waals surface area contributed by atoms with Gasteiger partial charge in [-0.05, 0) is 45.1 Å². The van der Waals surface area contributed by atoms with Crippen LogP contribution in [0.15, 0.2) is 0 Å². The molecule has 0 aromatic rings. The summed E-state index contributed by atoms with van der Waals surface area (Å²) in [5.41, 5.74) is 5.89. The van der Waals surface area contributed by atoms with Crippen molar-refractivity contribution in [3.63, 3.8) is 0 Å². The van der Waals surface area contributed by atoms with Crippen LogP contribution >= 0.6 is 0 Å². The summed E-state index contributed by atoms with van der Waals surface area (Å²) < 4.78 is 0. The van der Waals surface area contributed by atoms with Crippen LogP contribution in [-0.4, -0.2) is 41.3 Å². The topological polar surface area (TPSA) is 49.5 Å². The van der Waals surface area contributed by atoms with E-state index >= 15 is 0 Å². The zero-order valence-corrected chi connectivity index (χ0v) is 8.86. The number of aliphatic hydroxyl groups is 1. The van der Waals surface area contributed by atoms with E-state index in [4.69, 9.17) is 5.73 Å². The predicted molar refractivity (Wildman–Crippen MR) is 57.0 cm³/mol. The lowest BCUT2D eigenvalue weighted by molar-refractivity contribution is 0.0948. The number of rotatable bonds is 2. The van der Waals surface area contributed by atoms with Gasteiger partial charge in [0.25, 0.3) is 0 Å². The van der Waals surface area contributed by atoms with Crippen LogP contribution in [0.1, 0.15) is 38.5 Å². The average Bonchev–Trinajstić information content (AvgIpc) is 2.67. The first kappa shape index (κ1) is 10.4. The van der Waals surface area contributed by atoms with Gasteiger partial charge in [-0.1, -0.05) is 0 Å². The first-order valence-corrected chi connectivity index (χ1v) is 5.93. The third-order valence-electron chi connectivity index (χ3n) is 3.84. The molecule has 0 aromatic carbocycles. The first-order valence-electron chi connectivity index (χ1n) is 5.93. The highest BCUT2D eigenvalue weighted by Gasteiger charge is 2.31. The Morgan fingerprint density at radius 1 is 1.14 bits per heavy atom. The third-order valence-corrected chi connectivity index (χ3v) is 3.84. The molecule has 2 fully saturated rings. The lowest BCUT2D eigenvalue weighted by Crippen LogP contribution is -2.44. The Hall–Kier alpha value is -0.120. The largest absolute Gasteiger partial charge is 0.395 e. The van der Waals surface area contributed by atoms with Gasteiger partial charge in [-0.3, -0.25) is 4.90 Å². The minimum absolute atomic E-state index is 0.336. The van der Waals surface area contributed by atoms with Crippen LogP contribution in [0.2, 0.25) is 0 Å². The Labute approximate surface area is 86.3 Å². The van der Waals surface area contributed by atoms with Crippen molar-refractivity contribution in [1.29, 1.82) is 0 Å². The molecule has 0 spiro atoms. The van der Waals surface area contributed by atoms with E-state index in [2.05, 4.69) is 4.90 Å². The van der Waals surface area contributed by atoms with Gasteiger partial charge in [0.2, 0.25) is 0 Å². The van der Waals surface area contributed by atoms with E-state index in [9.17, 15) is 5.11 Å². The van der Waals surface area contributed by atoms with E-state index in [0.29, 0.717) is 24.7 Å². The van der Waals surface area contributed by atoms with Gasteiger partial charge in [0.1, 0.15) is 0 Å². The molecule has 1 unspecified atom stereocenters. The van der Waals surface area contributed by atoms with Gasteiger partial charge in [-0.2, -0.15) is 0 Å². The molecule has 0 radical (unpaired) electrons. The van der Waals surface area contributed by atoms with Gasteiger partial charge in [-0.25, -0.2) is 0 Å². The highest BCUT2D eigenvalue weighted by atomic mass is 16.3. The summed E-state index contributed by atoms with van der Waals surface area (Å²) in [4.78, 5) is 2.52. The molecule has 1 aliphatic carbocycles. The summed E-state index contributed by atoms with van der Waals surface area (Å²) in [5, 5.41) is 9.25. The molecular weight excluding hydrogens is 176 g/mol. The summed E-state index contributed by atoms with van der Waals surface area (Å²) in [6.07, 6.45) is 7.24. The Balaban J connectivity index is 1.88. The molecule has 0 aromatic heterocycles. The Morgan fingerprint density at radius 3 is 2.50 bits per heavy atom. The van der Waals surface area contributed by atoms with Crippen molar-refractivity contribution >= 4 is 0 Å². The fourth-order valence-electron chi connectivity index (χ4n) is 2.97. The van der Waals surface area contributed by atoms with Crippen molar-refractivity contribution in [2.24, 2.45) is 5.73 Å². The quantitative estimate of drug-likeness (QED) is 0.687. The lowest BCUT2D eigenvalue weighted by Gasteiger charge is -2.36. The number of aliphatic hydroxyl groups excluding tert-OH is 1. The van der Waals surface area contributed by atoms with E-state index < -0.39 is 0 Å². The standard InChI is InChI=1S/C11H22N2O/c12-9-3-5-10(6-4-9)13-7-1-2-11(13)8-14/h9-11,14H,1-8,12H2. The van der Waals surface area contributed by atoms with Crippen molar-refractivity contribution in [1.82, 2.24) is 4.90 Å². The average molecular weight is 198 g/mol. The predicted octanol–water partition coefficient (Wildman–Crippen LogP) is 0.713. The fourth-order valence-corrected chi connectivity index (χ4v) is 2.97. The van der Waals surface area contributed by atoms with Gasteiger partial charge in [0.05, 0.1) is 6.61 Å². The molecule has 2 aliphatic rings. The number of nitrogens with zero attached hydrogens (tertiary/aromatic N) is 1. The van der Waals surface area contributed by atoms with Gasteiger partial charge >= 0.3 is 0 Å². The molecule has 1 heterocycles. The van der Waals surface area contributed by atoms with Crippen molar-refractivity contribution < 1.29 is 5.11 Å². The van der Waals surface area contributed by atoms with Gasteiger partial charge < -0.3 is 10.8 Å². The minimum Gasteiger partial charge on any atom is -0.395 e. The second-order valence-electron chi connectivity index (χ2n) is 4.79. The maximum Gasteiger partial charge on any atom is 0.0586 e. The first-order chi connectivity index (χ1) is 6.81. The van der Waals surface area contributed by atoms with Gasteiger partial charge in [0, 0.05) is 18.1 Å². The molecule has 1 saturated heterocycles. The van der Waals surface area contributed by atoms with Crippen molar-refractivity contribution in [3.8, 4) is 0 Å². The van der Waals surface area contributed by atoms with E-state index in [1.54, 1.807) is 0 Å². The van der Waals surface area contributed by atoms with Crippen LogP contribution in [0, 0.1) is 0 Å². The van der Waals surface area contributed by atoms with Crippen molar-refractivity contribution in [3.05, 3.63) is 0 Å². The van der Waals surface area contributed by atoms with Crippen molar-refractivity contribution in [2.75, 3.05) is 13.2 Å². The second-order valence-corrected chi connectivity index (χ2v) is 4.79. The Bertz CT molecular complexity index is 178. The maximum atomic E-state index is 9.25. The number of nitrogens with two attached hydrogens (primary N) is 1. The van der Waals surface area contributed by atoms with Crippen LogP contribution in [0.4, 0.5) is 0 Å². The highest BCUT2D eigenvalue weighted by Crippen LogP contribution is 2.28. The number of hydrogen-bond acceptors (Lipinski definition) is 3. The van der Waals surface area contributed by atoms with Crippen molar-refractivity contribution in [2.45, 2.75) is 56.7 Å². The smallest absolute Gasteiger partial charge is 0.0586 e. The number of likely N-dealkylation sites (tertiary alicyclic amines) is 1. The van der Waals surface area contributed by atoms with Gasteiger partial charge in [-0.15, -0.1) is 0 Å². The molecule has 0 amide bonds. The fraction of sp³-hybridized carbons (Fsp3) is 1.00. The molecule has 2 rings (SSSR count). The lowest BCUT2D eigenvalue weighted by atomic mass is 9.90. The van der Waals surface area contributed by atoms with Crippen LogP contribution in [0.25, 0.3) is 0 Å². The molecule has 3 heteroatoms. The normalized spacial score (nSPS) is 40.3. The zero-order chi connectivity index (χ0) is 9.97. The van der Waals surface area contributed by atoms with Gasteiger partial charge in [0.15, 0.2) is 0 Å². The third kappa shape index (κ3) is 2.10. The summed E-state index contributed by atoms with van der Waals surface area (Å²) in [6, 6.07) is 1.57. The molecule has 1 aliphatic heterocycles. The molecule has 1 saturated carbocycles. The zero-order valence-electron chi connectivity index (χ0n) is 8.86. The molecule has 3 N–H and O–H groups in total. The van der Waals surface area contributed by atoms with Crippen LogP contribution < -0.4 is 5.73 Å². The number of hydrogen-bond donors (Lipinski definition) is 2. The SMILES string of the molecule is NC1CCC(N2CCCC2CO)CC1. The molecular formula is C11H22N2O. The van der Waals surface area contributed by atoms with E-state index in [-0.39, 0.29) is 0 Å². The summed E-state index contributed by atoms with van der Waals surface area (Å²) >= 11 is 0. The molecule has 14 heavy (non-hydrogen) atoms. The summed E-state index contributed by atoms with van der Waals surface area (Å²) in [5.74, 6) is 0. The molecule has 82 valence electrons. The van der Waals surface area contributed by atoms with E-state index in [1.165, 1.54) is 45.1 Å². The minimum atomic E-state index is 0.336. The van der Waals surface area contributed by atoms with Crippen LogP contribution in [0.5, 0.6) is 0 Å². The summed E-state index contributed by atoms with van der Waals surface area (Å²) in [6.45, 7) is 1.52. The van der Waals surface area contributed by atoms with Crippen LogP contribution in [0.3, 0.4) is 0 Å². The summed E-state index contributed by atoms with van der Waals surface area (Å²) in [7, 11) is 0. The Kier molecular flexibility index (Phi) is 3.42. The molecule has 0 bridgehead atoms. The maximum absolute atomic E-state index is 9.25. The van der Waals surface area contributed by atoms with Crippen LogP contribution in [-0.2, 0) is 0 Å². The monoisotopic (exact) mass is 198 g/mol. The second kappa shape index (κ2) is 4.60. The molecule has 1 atom stereocenters. The van der Waals surface area contributed by atoms with E-state index in [1.807, 2.05) is 0 Å².